The van der Waals surface area contributed by atoms with Crippen molar-refractivity contribution < 1.29 is 26.8 Å². The van der Waals surface area contributed by atoms with Crippen LogP contribution < -0.4 is 9.62 Å². The molecule has 3 aromatic carbocycles. The van der Waals surface area contributed by atoms with Crippen LogP contribution in [0.3, 0.4) is 0 Å². The molecule has 1 atom stereocenters. The van der Waals surface area contributed by atoms with Gasteiger partial charge in [-0.15, -0.1) is 0 Å². The van der Waals surface area contributed by atoms with Gasteiger partial charge in [-0.1, -0.05) is 59.6 Å². The van der Waals surface area contributed by atoms with E-state index in [0.717, 1.165) is 24.0 Å². The number of sulfonamides is 1. The Morgan fingerprint density at radius 2 is 1.61 bits per heavy atom. The van der Waals surface area contributed by atoms with Gasteiger partial charge in [0.1, 0.15) is 12.6 Å². The standard InChI is InChI=1S/C26H25Cl2F2N3O4S/c1-31-26(35)24(13-17-6-4-3-5-7-17)32(15-18-8-10-20(27)21(28)12-18)25(34)16-33(38(2,36)37)19-9-11-22(29)23(30)14-19/h3-12,14,24H,13,15-16H2,1-2H3,(H,31,35)/t24-/m0/s1. The Kier molecular flexibility index (Phi) is 9.70. The summed E-state index contributed by atoms with van der Waals surface area (Å²) in [5.41, 5.74) is 1.05. The minimum atomic E-state index is -4.11. The molecule has 0 aliphatic rings. The molecule has 0 radical (unpaired) electrons. The number of hydrogen-bond donors (Lipinski definition) is 1. The topological polar surface area (TPSA) is 86.8 Å². The van der Waals surface area contributed by atoms with Crippen LogP contribution in [-0.2, 0) is 32.6 Å². The molecular formula is C26H25Cl2F2N3O4S. The van der Waals surface area contributed by atoms with Crippen LogP contribution in [0.25, 0.3) is 0 Å². The summed E-state index contributed by atoms with van der Waals surface area (Å²) in [5, 5.41) is 3.08. The van der Waals surface area contributed by atoms with Crippen LogP contribution in [0.5, 0.6) is 0 Å². The summed E-state index contributed by atoms with van der Waals surface area (Å²) in [6, 6.07) is 15.1. The van der Waals surface area contributed by atoms with E-state index in [1.54, 1.807) is 30.3 Å². The van der Waals surface area contributed by atoms with E-state index in [9.17, 15) is 26.8 Å². The molecule has 0 saturated carbocycles. The molecule has 0 fully saturated rings. The lowest BCUT2D eigenvalue weighted by molar-refractivity contribution is -0.139. The molecule has 0 bridgehead atoms. The third-order valence-electron chi connectivity index (χ3n) is 5.72. The highest BCUT2D eigenvalue weighted by Gasteiger charge is 2.33. The zero-order valence-corrected chi connectivity index (χ0v) is 22.8. The van der Waals surface area contributed by atoms with Gasteiger partial charge in [-0.3, -0.25) is 13.9 Å². The number of amides is 2. The quantitative estimate of drug-likeness (QED) is 0.382. The lowest BCUT2D eigenvalue weighted by atomic mass is 10.0. The summed E-state index contributed by atoms with van der Waals surface area (Å²) in [7, 11) is -2.69. The second-order valence-electron chi connectivity index (χ2n) is 8.46. The largest absolute Gasteiger partial charge is 0.357 e. The smallest absolute Gasteiger partial charge is 0.244 e. The summed E-state index contributed by atoms with van der Waals surface area (Å²) in [6.07, 6.45) is 0.961. The van der Waals surface area contributed by atoms with Gasteiger partial charge in [0.25, 0.3) is 0 Å². The second kappa shape index (κ2) is 12.6. The Bertz CT molecular complexity index is 1430. The summed E-state index contributed by atoms with van der Waals surface area (Å²) >= 11 is 12.2. The molecule has 0 saturated heterocycles. The van der Waals surface area contributed by atoms with Crippen LogP contribution in [0.15, 0.2) is 66.7 Å². The maximum atomic E-state index is 13.9. The van der Waals surface area contributed by atoms with Crippen LogP contribution in [-0.4, -0.2) is 51.0 Å². The van der Waals surface area contributed by atoms with E-state index >= 15 is 0 Å². The number of likely N-dealkylation sites (N-methyl/N-ethyl adjacent to an activating group) is 1. The lowest BCUT2D eigenvalue weighted by Crippen LogP contribution is -2.52. The van der Waals surface area contributed by atoms with E-state index in [-0.39, 0.29) is 23.7 Å². The Balaban J connectivity index is 2.05. The van der Waals surface area contributed by atoms with E-state index in [1.165, 1.54) is 24.1 Å². The van der Waals surface area contributed by atoms with Crippen molar-refractivity contribution in [3.8, 4) is 0 Å². The molecule has 0 aliphatic heterocycles. The molecule has 202 valence electrons. The summed E-state index contributed by atoms with van der Waals surface area (Å²) in [5.74, 6) is -3.68. The SMILES string of the molecule is CNC(=O)[C@H](Cc1ccccc1)N(Cc1ccc(Cl)c(Cl)c1)C(=O)CN(c1ccc(F)c(F)c1)S(C)(=O)=O. The lowest BCUT2D eigenvalue weighted by Gasteiger charge is -2.33. The van der Waals surface area contributed by atoms with Gasteiger partial charge in [-0.05, 0) is 35.4 Å². The van der Waals surface area contributed by atoms with Crippen LogP contribution in [0.1, 0.15) is 11.1 Å². The van der Waals surface area contributed by atoms with Crippen molar-refractivity contribution in [2.75, 3.05) is 24.2 Å². The Hall–Kier alpha value is -3.21. The maximum absolute atomic E-state index is 13.9. The third kappa shape index (κ3) is 7.43. The molecule has 0 spiro atoms. The fraction of sp³-hybridized carbons (Fsp3) is 0.231. The molecule has 0 aromatic heterocycles. The number of carbonyl (C=O) groups is 2. The van der Waals surface area contributed by atoms with Gasteiger partial charge in [0.2, 0.25) is 21.8 Å². The first-order valence-corrected chi connectivity index (χ1v) is 13.9. The van der Waals surface area contributed by atoms with Crippen molar-refractivity contribution in [2.24, 2.45) is 0 Å². The summed E-state index contributed by atoms with van der Waals surface area (Å²) < 4.78 is 53.3. The number of rotatable bonds is 10. The molecule has 0 unspecified atom stereocenters. The molecule has 1 N–H and O–H groups in total. The fourth-order valence-electron chi connectivity index (χ4n) is 3.81. The number of nitrogens with zero attached hydrogens (tertiary/aromatic N) is 2. The van der Waals surface area contributed by atoms with E-state index in [2.05, 4.69) is 5.32 Å². The molecule has 0 aliphatic carbocycles. The monoisotopic (exact) mass is 583 g/mol. The summed E-state index contributed by atoms with van der Waals surface area (Å²) in [4.78, 5) is 28.0. The Morgan fingerprint density at radius 3 is 2.18 bits per heavy atom. The molecular weight excluding hydrogens is 559 g/mol. The molecule has 3 rings (SSSR count). The highest BCUT2D eigenvalue weighted by molar-refractivity contribution is 7.92. The first-order chi connectivity index (χ1) is 17.9. The van der Waals surface area contributed by atoms with Gasteiger partial charge in [0.15, 0.2) is 11.6 Å². The van der Waals surface area contributed by atoms with Gasteiger partial charge < -0.3 is 10.2 Å². The molecule has 7 nitrogen and oxygen atoms in total. The number of halogens is 4. The van der Waals surface area contributed by atoms with E-state index < -0.39 is 46.1 Å². The first kappa shape index (κ1) is 29.3. The van der Waals surface area contributed by atoms with Crippen LogP contribution in [0.2, 0.25) is 10.0 Å². The Morgan fingerprint density at radius 1 is 0.921 bits per heavy atom. The maximum Gasteiger partial charge on any atom is 0.244 e. The first-order valence-electron chi connectivity index (χ1n) is 11.3. The highest BCUT2D eigenvalue weighted by atomic mass is 35.5. The van der Waals surface area contributed by atoms with E-state index in [1.807, 2.05) is 6.07 Å². The number of carbonyl (C=O) groups excluding carboxylic acids is 2. The molecule has 0 heterocycles. The molecule has 2 amide bonds. The van der Waals surface area contributed by atoms with Gasteiger partial charge in [-0.25, -0.2) is 17.2 Å². The second-order valence-corrected chi connectivity index (χ2v) is 11.2. The van der Waals surface area contributed by atoms with Crippen molar-refractivity contribution >= 4 is 50.7 Å². The fourth-order valence-corrected chi connectivity index (χ4v) is 4.97. The van der Waals surface area contributed by atoms with Crippen molar-refractivity contribution in [2.45, 2.75) is 19.0 Å². The van der Waals surface area contributed by atoms with Gasteiger partial charge in [0.05, 0.1) is 22.0 Å². The van der Waals surface area contributed by atoms with Gasteiger partial charge in [0, 0.05) is 26.1 Å². The normalized spacial score (nSPS) is 12.1. The number of hydrogen-bond acceptors (Lipinski definition) is 4. The minimum absolute atomic E-state index is 0.115. The van der Waals surface area contributed by atoms with E-state index in [4.69, 9.17) is 23.2 Å². The molecule has 3 aromatic rings. The van der Waals surface area contributed by atoms with Crippen molar-refractivity contribution in [1.29, 1.82) is 0 Å². The van der Waals surface area contributed by atoms with Crippen LogP contribution in [0, 0.1) is 11.6 Å². The van der Waals surface area contributed by atoms with Crippen molar-refractivity contribution in [3.05, 3.63) is 99.5 Å². The zero-order valence-electron chi connectivity index (χ0n) is 20.5. The van der Waals surface area contributed by atoms with E-state index in [0.29, 0.717) is 21.0 Å². The predicted octanol–water partition coefficient (Wildman–Crippen LogP) is 4.42. The number of benzene rings is 3. The molecule has 38 heavy (non-hydrogen) atoms. The Labute approximate surface area is 230 Å². The molecule has 12 heteroatoms. The van der Waals surface area contributed by atoms with Crippen molar-refractivity contribution in [1.82, 2.24) is 10.2 Å². The van der Waals surface area contributed by atoms with Crippen LogP contribution in [0.4, 0.5) is 14.5 Å². The average molecular weight is 584 g/mol. The summed E-state index contributed by atoms with van der Waals surface area (Å²) in [6.45, 7) is -0.885. The third-order valence-corrected chi connectivity index (χ3v) is 7.60. The zero-order chi connectivity index (χ0) is 28.0. The van der Waals surface area contributed by atoms with Gasteiger partial charge >= 0.3 is 0 Å². The van der Waals surface area contributed by atoms with Crippen molar-refractivity contribution in [3.63, 3.8) is 0 Å². The highest BCUT2D eigenvalue weighted by Crippen LogP contribution is 2.25. The average Bonchev–Trinajstić information content (AvgIpc) is 2.87. The van der Waals surface area contributed by atoms with Crippen LogP contribution >= 0.6 is 23.2 Å². The minimum Gasteiger partial charge on any atom is -0.357 e. The number of nitrogens with one attached hydrogen (secondary N) is 1. The predicted molar refractivity (Wildman–Crippen MR) is 144 cm³/mol. The number of anilines is 1. The van der Waals surface area contributed by atoms with Gasteiger partial charge in [-0.2, -0.15) is 0 Å².